The van der Waals surface area contributed by atoms with Crippen molar-refractivity contribution in [3.05, 3.63) is 39.8 Å². The van der Waals surface area contributed by atoms with E-state index in [0.717, 1.165) is 17.5 Å². The number of hydrogen-bond donors (Lipinski definition) is 4. The van der Waals surface area contributed by atoms with Gasteiger partial charge in [0.2, 0.25) is 0 Å². The van der Waals surface area contributed by atoms with E-state index in [1.54, 1.807) is 14.0 Å². The minimum atomic E-state index is -0.876. The van der Waals surface area contributed by atoms with Crippen LogP contribution in [0.4, 0.5) is 5.82 Å². The van der Waals surface area contributed by atoms with Gasteiger partial charge in [-0.25, -0.2) is 4.79 Å². The van der Waals surface area contributed by atoms with Gasteiger partial charge in [0, 0.05) is 12.1 Å². The van der Waals surface area contributed by atoms with Gasteiger partial charge >= 0.3 is 17.7 Å². The molecule has 2 atom stereocenters. The molecule has 0 saturated carbocycles. The van der Waals surface area contributed by atoms with Gasteiger partial charge in [-0.05, 0) is 24.5 Å². The van der Waals surface area contributed by atoms with Gasteiger partial charge in [-0.2, -0.15) is 9.97 Å². The first kappa shape index (κ1) is 24.1. The van der Waals surface area contributed by atoms with Crippen LogP contribution in [0, 0.1) is 5.92 Å². The summed E-state index contributed by atoms with van der Waals surface area (Å²) in [6.45, 7) is 6.58. The number of benzene rings is 1. The number of carboxylic acid groups (broad SMARTS) is 1. The van der Waals surface area contributed by atoms with E-state index in [9.17, 15) is 14.7 Å². The molecule has 0 amide bonds. The van der Waals surface area contributed by atoms with Crippen LogP contribution in [0.15, 0.2) is 23.0 Å². The Morgan fingerprint density at radius 1 is 1.33 bits per heavy atom. The van der Waals surface area contributed by atoms with Gasteiger partial charge in [0.05, 0.1) is 20.3 Å². The fourth-order valence-corrected chi connectivity index (χ4v) is 3.57. The zero-order valence-electron chi connectivity index (χ0n) is 19.2. The molecule has 3 aromatic rings. The second-order valence-electron chi connectivity index (χ2n) is 7.77. The molecule has 0 aliphatic heterocycles. The number of nitrogens with zero attached hydrogens (tertiary/aromatic N) is 3. The molecular weight excluding hydrogens is 428 g/mol. The Kier molecular flexibility index (Phi) is 7.54. The minimum absolute atomic E-state index is 0.00609. The summed E-state index contributed by atoms with van der Waals surface area (Å²) < 4.78 is 12.3. The number of fused-ring (bicyclic) bond motifs is 1. The topological polar surface area (TPSA) is 157 Å². The second-order valence-corrected chi connectivity index (χ2v) is 7.77. The number of imidazole rings is 1. The average molecular weight is 459 g/mol. The van der Waals surface area contributed by atoms with Gasteiger partial charge in [0.1, 0.15) is 17.3 Å². The highest BCUT2D eigenvalue weighted by Crippen LogP contribution is 2.24. The summed E-state index contributed by atoms with van der Waals surface area (Å²) in [5, 5.41) is 12.6. The number of H-pyrrole nitrogens is 1. The number of nitrogens with one attached hydrogen (secondary N) is 2. The number of anilines is 1. The summed E-state index contributed by atoms with van der Waals surface area (Å²) in [5.41, 5.74) is 7.86. The molecular formula is C22H30N6O5. The summed E-state index contributed by atoms with van der Waals surface area (Å²) in [5.74, 6) is -0.187. The SMILES string of the molecule is CCOc1nc(N)c2[nH]c(=O)n(Cc3ccc(CNC(C(=O)O)[C@@H](C)CC)cc3OC)c2n1. The Bertz CT molecular complexity index is 1190. The van der Waals surface area contributed by atoms with Crippen molar-refractivity contribution >= 4 is 23.0 Å². The zero-order chi connectivity index (χ0) is 24.1. The largest absolute Gasteiger partial charge is 0.496 e. The van der Waals surface area contributed by atoms with Crippen LogP contribution in [-0.4, -0.2) is 50.4 Å². The maximum atomic E-state index is 12.6. The van der Waals surface area contributed by atoms with Gasteiger partial charge in [-0.15, -0.1) is 0 Å². The van der Waals surface area contributed by atoms with Gasteiger partial charge in [0.15, 0.2) is 11.5 Å². The minimum Gasteiger partial charge on any atom is -0.496 e. The smallest absolute Gasteiger partial charge is 0.328 e. The third kappa shape index (κ3) is 5.25. The third-order valence-electron chi connectivity index (χ3n) is 5.59. The molecule has 2 aromatic heterocycles. The van der Waals surface area contributed by atoms with E-state index in [2.05, 4.69) is 20.3 Å². The van der Waals surface area contributed by atoms with Crippen molar-refractivity contribution in [2.45, 2.75) is 46.3 Å². The summed E-state index contributed by atoms with van der Waals surface area (Å²) in [6.07, 6.45) is 0.755. The van der Waals surface area contributed by atoms with Crippen molar-refractivity contribution in [1.82, 2.24) is 24.8 Å². The summed E-state index contributed by atoms with van der Waals surface area (Å²) >= 11 is 0. The Balaban J connectivity index is 1.88. The number of aliphatic carboxylic acids is 1. The molecule has 0 fully saturated rings. The van der Waals surface area contributed by atoms with E-state index >= 15 is 0 Å². The van der Waals surface area contributed by atoms with Crippen LogP contribution in [0.2, 0.25) is 0 Å². The molecule has 33 heavy (non-hydrogen) atoms. The number of nitrogens with two attached hydrogens (primary N) is 1. The van der Waals surface area contributed by atoms with Crippen LogP contribution in [0.25, 0.3) is 11.2 Å². The predicted octanol–water partition coefficient (Wildman–Crippen LogP) is 1.75. The van der Waals surface area contributed by atoms with Crippen molar-refractivity contribution in [2.24, 2.45) is 5.92 Å². The molecule has 1 unspecified atom stereocenters. The van der Waals surface area contributed by atoms with E-state index in [1.807, 2.05) is 32.0 Å². The van der Waals surface area contributed by atoms with E-state index in [0.29, 0.717) is 30.1 Å². The monoisotopic (exact) mass is 458 g/mol. The summed E-state index contributed by atoms with van der Waals surface area (Å²) in [7, 11) is 1.54. The van der Waals surface area contributed by atoms with Gasteiger partial charge < -0.3 is 30.6 Å². The maximum Gasteiger partial charge on any atom is 0.328 e. The van der Waals surface area contributed by atoms with Crippen LogP contribution in [0.1, 0.15) is 38.3 Å². The van der Waals surface area contributed by atoms with E-state index < -0.39 is 12.0 Å². The number of methoxy groups -OCH3 is 1. The number of aromatic amines is 1. The Morgan fingerprint density at radius 2 is 2.09 bits per heavy atom. The molecule has 0 radical (unpaired) electrons. The molecule has 1 aromatic carbocycles. The van der Waals surface area contributed by atoms with Crippen LogP contribution >= 0.6 is 0 Å². The zero-order valence-corrected chi connectivity index (χ0v) is 19.2. The fourth-order valence-electron chi connectivity index (χ4n) is 3.57. The van der Waals surface area contributed by atoms with E-state index in [1.165, 1.54) is 4.57 Å². The third-order valence-corrected chi connectivity index (χ3v) is 5.59. The van der Waals surface area contributed by atoms with Crippen LogP contribution in [0.5, 0.6) is 11.8 Å². The quantitative estimate of drug-likeness (QED) is 0.336. The number of ether oxygens (including phenoxy) is 2. The lowest BCUT2D eigenvalue weighted by molar-refractivity contribution is -0.140. The number of rotatable bonds is 11. The Morgan fingerprint density at radius 3 is 2.73 bits per heavy atom. The lowest BCUT2D eigenvalue weighted by atomic mass is 9.99. The van der Waals surface area contributed by atoms with Crippen LogP contribution < -0.4 is 26.2 Å². The Labute approximate surface area is 190 Å². The molecule has 0 aliphatic rings. The van der Waals surface area contributed by atoms with Crippen molar-refractivity contribution in [3.8, 4) is 11.8 Å². The van der Waals surface area contributed by atoms with Crippen LogP contribution in [0.3, 0.4) is 0 Å². The summed E-state index contributed by atoms with van der Waals surface area (Å²) in [4.78, 5) is 35.2. The first-order chi connectivity index (χ1) is 15.8. The molecule has 3 rings (SSSR count). The van der Waals surface area contributed by atoms with Gasteiger partial charge in [-0.3, -0.25) is 9.36 Å². The van der Waals surface area contributed by atoms with Crippen molar-refractivity contribution in [3.63, 3.8) is 0 Å². The Hall–Kier alpha value is -3.60. The highest BCUT2D eigenvalue weighted by molar-refractivity contribution is 5.82. The number of nitrogen functional groups attached to an aromatic ring is 1. The molecule has 178 valence electrons. The predicted molar refractivity (Wildman–Crippen MR) is 124 cm³/mol. The summed E-state index contributed by atoms with van der Waals surface area (Å²) in [6, 6.07) is 4.99. The average Bonchev–Trinajstić information content (AvgIpc) is 3.10. The molecule has 11 nitrogen and oxygen atoms in total. The van der Waals surface area contributed by atoms with Crippen molar-refractivity contribution < 1.29 is 19.4 Å². The highest BCUT2D eigenvalue weighted by Gasteiger charge is 2.23. The number of aromatic nitrogens is 4. The van der Waals surface area contributed by atoms with E-state index in [4.69, 9.17) is 15.2 Å². The molecule has 11 heteroatoms. The number of carboxylic acids is 1. The second kappa shape index (κ2) is 10.3. The standard InChI is InChI=1S/C22H30N6O5/c1-5-12(3)16(20(29)30)24-10-13-7-8-14(15(9-13)32-4)11-28-19-17(25-22(28)31)18(23)26-21(27-19)33-6-2/h7-9,12,16,24H,5-6,10-11H2,1-4H3,(H,25,31)(H,29,30)(H2,23,26,27)/t12-,16?/m0/s1. The molecule has 0 spiro atoms. The lowest BCUT2D eigenvalue weighted by Gasteiger charge is -2.20. The molecule has 0 aliphatic carbocycles. The van der Waals surface area contributed by atoms with Crippen LogP contribution in [-0.2, 0) is 17.9 Å². The maximum absolute atomic E-state index is 12.6. The number of hydrogen-bond acceptors (Lipinski definition) is 8. The fraction of sp³-hybridized carbons (Fsp3) is 0.455. The molecule has 2 heterocycles. The highest BCUT2D eigenvalue weighted by atomic mass is 16.5. The van der Waals surface area contributed by atoms with Gasteiger partial charge in [-0.1, -0.05) is 32.4 Å². The molecule has 0 saturated heterocycles. The van der Waals surface area contributed by atoms with Gasteiger partial charge in [0.25, 0.3) is 0 Å². The normalized spacial score (nSPS) is 13.1. The first-order valence-corrected chi connectivity index (χ1v) is 10.8. The lowest BCUT2D eigenvalue weighted by Crippen LogP contribution is -2.41. The van der Waals surface area contributed by atoms with Crippen molar-refractivity contribution in [1.29, 1.82) is 0 Å². The first-order valence-electron chi connectivity index (χ1n) is 10.8. The van der Waals surface area contributed by atoms with Crippen molar-refractivity contribution in [2.75, 3.05) is 19.5 Å². The molecule has 0 bridgehead atoms. The number of carbonyl (C=O) groups is 1. The van der Waals surface area contributed by atoms with E-state index in [-0.39, 0.29) is 30.0 Å². The molecule has 5 N–H and O–H groups in total.